The molecular weight excluding hydrogens is 557 g/mol. The lowest BCUT2D eigenvalue weighted by Gasteiger charge is -2.38. The molecule has 38 heavy (non-hydrogen) atoms. The molecule has 1 aliphatic carbocycles. The number of fused-ring (bicyclic) bond motifs is 2. The third kappa shape index (κ3) is 4.80. The Morgan fingerprint density at radius 3 is 2.79 bits per heavy atom. The summed E-state index contributed by atoms with van der Waals surface area (Å²) in [6.45, 7) is 0.105. The maximum Gasteiger partial charge on any atom is 0.287 e. The van der Waals surface area contributed by atoms with Gasteiger partial charge in [-0.3, -0.25) is 4.79 Å². The van der Waals surface area contributed by atoms with Gasteiger partial charge in [-0.25, -0.2) is 12.8 Å². The number of aryl methyl sites for hydroxylation is 1. The third-order valence-corrected chi connectivity index (χ3v) is 10.5. The number of hydrogen-bond donors (Lipinski definition) is 2. The van der Waals surface area contributed by atoms with Gasteiger partial charge in [0.1, 0.15) is 31.1 Å². The molecule has 2 unspecified atom stereocenters. The number of sulfone groups is 1. The number of ether oxygens (including phenoxy) is 1. The molecule has 1 aromatic carbocycles. The van der Waals surface area contributed by atoms with E-state index in [1.165, 1.54) is 19.2 Å². The molecule has 3 heterocycles. The molecule has 10 nitrogen and oxygen atoms in total. The van der Waals surface area contributed by atoms with Gasteiger partial charge in [0, 0.05) is 24.8 Å². The van der Waals surface area contributed by atoms with Crippen molar-refractivity contribution in [3.05, 3.63) is 51.9 Å². The Morgan fingerprint density at radius 2 is 2.08 bits per heavy atom. The van der Waals surface area contributed by atoms with Crippen molar-refractivity contribution >= 4 is 47.9 Å². The molecule has 3 aliphatic rings. The van der Waals surface area contributed by atoms with Crippen molar-refractivity contribution in [1.82, 2.24) is 4.90 Å². The second-order valence-corrected chi connectivity index (χ2v) is 14.3. The predicted octanol–water partition coefficient (Wildman–Crippen LogP) is 3.02. The summed E-state index contributed by atoms with van der Waals surface area (Å²) in [4.78, 5) is 15.2. The molecule has 2 aliphatic heterocycles. The summed E-state index contributed by atoms with van der Waals surface area (Å²) in [6.07, 6.45) is 3.10. The van der Waals surface area contributed by atoms with Crippen LogP contribution in [-0.4, -0.2) is 63.7 Å². The average molecular weight is 584 g/mol. The molecule has 1 saturated carbocycles. The number of hydrogen-bond acceptors (Lipinski definition) is 9. The molecule has 2 aromatic rings. The highest BCUT2D eigenvalue weighted by Crippen LogP contribution is 2.43. The first-order valence-electron chi connectivity index (χ1n) is 11.9. The van der Waals surface area contributed by atoms with Gasteiger partial charge in [0.25, 0.3) is 15.9 Å². The van der Waals surface area contributed by atoms with Crippen molar-refractivity contribution in [1.29, 1.82) is 0 Å². The lowest BCUT2D eigenvalue weighted by atomic mass is 9.89. The summed E-state index contributed by atoms with van der Waals surface area (Å²) in [5, 5.41) is 15.8. The number of benzene rings is 1. The van der Waals surface area contributed by atoms with Gasteiger partial charge in [-0.2, -0.15) is 8.42 Å². The number of rotatable bonds is 7. The molecule has 5 rings (SSSR count). The monoisotopic (exact) mass is 583 g/mol. The second-order valence-electron chi connectivity index (χ2n) is 9.61. The molecule has 0 radical (unpaired) electrons. The van der Waals surface area contributed by atoms with Crippen LogP contribution in [0.5, 0.6) is 5.75 Å². The van der Waals surface area contributed by atoms with Crippen LogP contribution < -0.4 is 10.1 Å². The van der Waals surface area contributed by atoms with Gasteiger partial charge in [0.2, 0.25) is 0 Å². The highest BCUT2D eigenvalue weighted by Gasteiger charge is 2.47. The van der Waals surface area contributed by atoms with E-state index in [1.807, 2.05) is 0 Å². The van der Waals surface area contributed by atoms with Gasteiger partial charge in [-0.15, -0.1) is 15.7 Å². The Bertz CT molecular complexity index is 1600. The maximum absolute atomic E-state index is 13.9. The number of halogens is 1. The van der Waals surface area contributed by atoms with Crippen LogP contribution in [0.3, 0.4) is 0 Å². The highest BCUT2D eigenvalue weighted by atomic mass is 32.2. The number of sulfonamides is 1. The van der Waals surface area contributed by atoms with Gasteiger partial charge in [0.15, 0.2) is 17.4 Å². The van der Waals surface area contributed by atoms with Gasteiger partial charge in [-0.1, -0.05) is 12.5 Å². The standard InChI is InChI=1S/C24H26FN3O7S3/c1-35-18-10-13(6-7-16(18)25)11-28-17-5-3-4-15(17)20(29)19(24(28)30)22-26-23-21(38(33,34)27-22)14(12-36-23)8-9-37(2,31)32/h6-7,10,12,15,17,29H,3-5,8-9,11H2,1-2H3,(H,26,27). The topological polar surface area (TPSA) is 142 Å². The fourth-order valence-corrected chi connectivity index (χ4v) is 8.52. The van der Waals surface area contributed by atoms with Crippen LogP contribution in [0.2, 0.25) is 0 Å². The molecule has 0 saturated heterocycles. The van der Waals surface area contributed by atoms with Crippen LogP contribution in [0.4, 0.5) is 9.39 Å². The van der Waals surface area contributed by atoms with E-state index in [2.05, 4.69) is 9.71 Å². The Hall–Kier alpha value is -2.97. The van der Waals surface area contributed by atoms with Gasteiger partial charge < -0.3 is 20.1 Å². The quantitative estimate of drug-likeness (QED) is 0.507. The largest absolute Gasteiger partial charge is 0.511 e. The molecule has 14 heteroatoms. The van der Waals surface area contributed by atoms with Crippen LogP contribution in [-0.2, 0) is 37.6 Å². The van der Waals surface area contributed by atoms with Crippen LogP contribution >= 0.6 is 11.3 Å². The Morgan fingerprint density at radius 1 is 1.32 bits per heavy atom. The first kappa shape index (κ1) is 26.6. The summed E-state index contributed by atoms with van der Waals surface area (Å²) in [6, 6.07) is 4.00. The number of thiophene rings is 1. The second kappa shape index (κ2) is 9.65. The number of nitrogens with zero attached hydrogens (tertiary/aromatic N) is 2. The summed E-state index contributed by atoms with van der Waals surface area (Å²) < 4.78 is 72.5. The van der Waals surface area contributed by atoms with E-state index in [9.17, 15) is 31.1 Å². The molecule has 2 atom stereocenters. The minimum absolute atomic E-state index is 0.00196. The first-order chi connectivity index (χ1) is 17.9. The maximum atomic E-state index is 13.9. The number of carbonyl (C=O) groups is 1. The average Bonchev–Trinajstić information content (AvgIpc) is 3.49. The van der Waals surface area contributed by atoms with E-state index >= 15 is 0 Å². The molecule has 1 aromatic heterocycles. The number of carbonyl (C=O) groups excluding carboxylic acids is 1. The lowest BCUT2D eigenvalue weighted by Crippen LogP contribution is -2.49. The zero-order valence-electron chi connectivity index (χ0n) is 20.6. The van der Waals surface area contributed by atoms with E-state index in [-0.39, 0.29) is 57.6 Å². The molecule has 1 amide bonds. The summed E-state index contributed by atoms with van der Waals surface area (Å²) in [5.74, 6) is -2.19. The van der Waals surface area contributed by atoms with Crippen molar-refractivity contribution in [3.63, 3.8) is 0 Å². The van der Waals surface area contributed by atoms with Gasteiger partial charge in [-0.05, 0) is 47.9 Å². The van der Waals surface area contributed by atoms with Crippen molar-refractivity contribution < 1.29 is 35.9 Å². The van der Waals surface area contributed by atoms with Crippen molar-refractivity contribution in [3.8, 4) is 5.75 Å². The van der Waals surface area contributed by atoms with Gasteiger partial charge >= 0.3 is 0 Å². The zero-order valence-corrected chi connectivity index (χ0v) is 23.1. The highest BCUT2D eigenvalue weighted by molar-refractivity contribution is 7.91. The summed E-state index contributed by atoms with van der Waals surface area (Å²) in [7, 11) is -6.26. The number of amides is 1. The number of methoxy groups -OCH3 is 1. The Kier molecular flexibility index (Phi) is 6.76. The SMILES string of the molecule is COc1cc(CN2C(=O)C(C3=NS(=O)(=O)c4c(CCS(C)(=O)=O)csc4N3)=C(O)C3CCCC32)ccc1F. The molecule has 204 valence electrons. The number of anilines is 1. The molecule has 1 fully saturated rings. The summed E-state index contributed by atoms with van der Waals surface area (Å²) in [5.41, 5.74) is 0.717. The van der Waals surface area contributed by atoms with E-state index in [4.69, 9.17) is 4.74 Å². The van der Waals surface area contributed by atoms with Crippen LogP contribution in [0.25, 0.3) is 0 Å². The summed E-state index contributed by atoms with van der Waals surface area (Å²) >= 11 is 1.06. The first-order valence-corrected chi connectivity index (χ1v) is 16.2. The number of nitrogens with one attached hydrogen (secondary N) is 1. The molecule has 0 bridgehead atoms. The molecule has 0 spiro atoms. The minimum atomic E-state index is -4.29. The predicted molar refractivity (Wildman–Crippen MR) is 140 cm³/mol. The molecule has 2 N–H and O–H groups in total. The van der Waals surface area contributed by atoms with Crippen molar-refractivity contribution in [2.24, 2.45) is 10.3 Å². The fourth-order valence-electron chi connectivity index (χ4n) is 5.26. The Labute approximate surface area is 223 Å². The van der Waals surface area contributed by atoms with E-state index < -0.39 is 37.5 Å². The van der Waals surface area contributed by atoms with Crippen molar-refractivity contribution in [2.75, 3.05) is 24.4 Å². The van der Waals surface area contributed by atoms with E-state index in [1.54, 1.807) is 16.3 Å². The smallest absolute Gasteiger partial charge is 0.287 e. The van der Waals surface area contributed by atoms with Crippen LogP contribution in [0.15, 0.2) is 44.2 Å². The molecular formula is C24H26FN3O7S3. The van der Waals surface area contributed by atoms with E-state index in [0.29, 0.717) is 24.0 Å². The number of amidine groups is 1. The Balaban J connectivity index is 1.50. The zero-order chi connectivity index (χ0) is 27.4. The van der Waals surface area contributed by atoms with Crippen LogP contribution in [0, 0.1) is 11.7 Å². The normalized spacial score (nSPS) is 22.6. The third-order valence-electron chi connectivity index (χ3n) is 7.03. The number of aliphatic hydroxyl groups excluding tert-OH is 1. The van der Waals surface area contributed by atoms with Gasteiger partial charge in [0.05, 0.1) is 12.9 Å². The number of aliphatic hydroxyl groups is 1. The lowest BCUT2D eigenvalue weighted by molar-refractivity contribution is -0.132. The van der Waals surface area contributed by atoms with Crippen LogP contribution in [0.1, 0.15) is 30.4 Å². The van der Waals surface area contributed by atoms with Crippen molar-refractivity contribution in [2.45, 2.75) is 43.2 Å². The van der Waals surface area contributed by atoms with E-state index in [0.717, 1.165) is 24.0 Å². The fraction of sp³-hybridized carbons (Fsp3) is 0.417. The minimum Gasteiger partial charge on any atom is -0.511 e.